The third kappa shape index (κ3) is 2.49. The van der Waals surface area contributed by atoms with E-state index in [0.717, 1.165) is 48.4 Å². The van der Waals surface area contributed by atoms with Gasteiger partial charge in [0, 0.05) is 19.0 Å². The van der Waals surface area contributed by atoms with Crippen LogP contribution in [-0.2, 0) is 11.3 Å². The lowest BCUT2D eigenvalue weighted by molar-refractivity contribution is 0.0341. The largest absolute Gasteiger partial charge is 0.379 e. The maximum atomic E-state index is 9.10. The van der Waals surface area contributed by atoms with E-state index in [4.69, 9.17) is 10.00 Å². The summed E-state index contributed by atoms with van der Waals surface area (Å²) in [6.45, 7) is 4.44. The van der Waals surface area contributed by atoms with Crippen molar-refractivity contribution in [3.8, 4) is 6.07 Å². The van der Waals surface area contributed by atoms with Crippen LogP contribution in [0.3, 0.4) is 0 Å². The van der Waals surface area contributed by atoms with Gasteiger partial charge in [-0.2, -0.15) is 5.26 Å². The molecule has 0 atom stereocenters. The lowest BCUT2D eigenvalue weighted by Gasteiger charge is -2.25. The smallest absolute Gasteiger partial charge is 0.128 e. The molecule has 0 radical (unpaired) electrons. The van der Waals surface area contributed by atoms with Gasteiger partial charge in [-0.1, -0.05) is 0 Å². The van der Waals surface area contributed by atoms with E-state index in [1.54, 1.807) is 11.3 Å². The number of hydrogen-bond acceptors (Lipinski definition) is 5. The minimum absolute atomic E-state index is 0.569. The Bertz CT molecular complexity index is 441. The van der Waals surface area contributed by atoms with Gasteiger partial charge in [0.05, 0.1) is 25.5 Å². The highest BCUT2D eigenvalue weighted by atomic mass is 32.1. The SMILES string of the molecule is N#Cc1sc(CN2CCOCC2)nc1C1CC1. The van der Waals surface area contributed by atoms with Gasteiger partial charge in [0.15, 0.2) is 0 Å². The average Bonchev–Trinajstić information content (AvgIpc) is 3.13. The van der Waals surface area contributed by atoms with E-state index in [1.807, 2.05) is 0 Å². The van der Waals surface area contributed by atoms with Crippen LogP contribution >= 0.6 is 11.3 Å². The Kier molecular flexibility index (Phi) is 3.10. The molecule has 0 aromatic carbocycles. The van der Waals surface area contributed by atoms with Crippen LogP contribution in [0.15, 0.2) is 0 Å². The summed E-state index contributed by atoms with van der Waals surface area (Å²) in [5, 5.41) is 10.2. The zero-order chi connectivity index (χ0) is 11.7. The Morgan fingerprint density at radius 3 is 2.82 bits per heavy atom. The predicted molar refractivity (Wildman–Crippen MR) is 64.9 cm³/mol. The fraction of sp³-hybridized carbons (Fsp3) is 0.667. The molecule has 0 N–H and O–H groups in total. The van der Waals surface area contributed by atoms with Gasteiger partial charge in [-0.15, -0.1) is 11.3 Å². The highest BCUT2D eigenvalue weighted by Gasteiger charge is 2.30. The highest BCUT2D eigenvalue weighted by Crippen LogP contribution is 2.42. The summed E-state index contributed by atoms with van der Waals surface area (Å²) >= 11 is 1.57. The maximum absolute atomic E-state index is 9.10. The summed E-state index contributed by atoms with van der Waals surface area (Å²) in [5.74, 6) is 0.569. The van der Waals surface area contributed by atoms with Gasteiger partial charge in [-0.05, 0) is 12.8 Å². The van der Waals surface area contributed by atoms with Crippen LogP contribution in [0.1, 0.15) is 34.3 Å². The Morgan fingerprint density at radius 1 is 1.41 bits per heavy atom. The van der Waals surface area contributed by atoms with Crippen molar-refractivity contribution in [3.05, 3.63) is 15.6 Å². The predicted octanol–water partition coefficient (Wildman–Crippen LogP) is 1.72. The minimum atomic E-state index is 0.569. The van der Waals surface area contributed by atoms with Gasteiger partial charge in [0.2, 0.25) is 0 Å². The zero-order valence-corrected chi connectivity index (χ0v) is 10.5. The molecular weight excluding hydrogens is 234 g/mol. The van der Waals surface area contributed by atoms with E-state index >= 15 is 0 Å². The second kappa shape index (κ2) is 4.73. The Balaban J connectivity index is 1.72. The van der Waals surface area contributed by atoms with Crippen LogP contribution in [0.4, 0.5) is 0 Å². The van der Waals surface area contributed by atoms with Crippen LogP contribution in [0.5, 0.6) is 0 Å². The molecular formula is C12H15N3OS. The number of ether oxygens (including phenoxy) is 1. The molecule has 17 heavy (non-hydrogen) atoms. The van der Waals surface area contributed by atoms with Crippen molar-refractivity contribution in [1.29, 1.82) is 5.26 Å². The van der Waals surface area contributed by atoms with Gasteiger partial charge in [-0.3, -0.25) is 4.90 Å². The summed E-state index contributed by atoms with van der Waals surface area (Å²) in [7, 11) is 0. The summed E-state index contributed by atoms with van der Waals surface area (Å²) in [5.41, 5.74) is 1.06. The Labute approximate surface area is 105 Å². The molecule has 2 aliphatic rings. The first-order valence-electron chi connectivity index (χ1n) is 6.06. The van der Waals surface area contributed by atoms with Crippen molar-refractivity contribution >= 4 is 11.3 Å². The second-order valence-electron chi connectivity index (χ2n) is 4.60. The molecule has 3 rings (SSSR count). The van der Waals surface area contributed by atoms with E-state index in [2.05, 4.69) is 16.0 Å². The van der Waals surface area contributed by atoms with Crippen molar-refractivity contribution in [2.24, 2.45) is 0 Å². The summed E-state index contributed by atoms with van der Waals surface area (Å²) in [6, 6.07) is 2.29. The van der Waals surface area contributed by atoms with E-state index in [9.17, 15) is 0 Å². The molecule has 1 aliphatic heterocycles. The summed E-state index contributed by atoms with van der Waals surface area (Å²) < 4.78 is 5.32. The average molecular weight is 249 g/mol. The van der Waals surface area contributed by atoms with Crippen LogP contribution in [0, 0.1) is 11.3 Å². The lowest BCUT2D eigenvalue weighted by Crippen LogP contribution is -2.35. The molecule has 1 saturated carbocycles. The number of aromatic nitrogens is 1. The maximum Gasteiger partial charge on any atom is 0.128 e. The van der Waals surface area contributed by atoms with Crippen LogP contribution < -0.4 is 0 Å². The molecule has 4 nitrogen and oxygen atoms in total. The molecule has 5 heteroatoms. The molecule has 0 unspecified atom stereocenters. The molecule has 90 valence electrons. The fourth-order valence-electron chi connectivity index (χ4n) is 2.11. The summed E-state index contributed by atoms with van der Waals surface area (Å²) in [4.78, 5) is 7.83. The number of morpholine rings is 1. The van der Waals surface area contributed by atoms with Crippen LogP contribution in [0.25, 0.3) is 0 Å². The number of nitriles is 1. The van der Waals surface area contributed by atoms with Gasteiger partial charge in [-0.25, -0.2) is 4.98 Å². The first-order valence-corrected chi connectivity index (χ1v) is 6.88. The first-order chi connectivity index (χ1) is 8.36. The minimum Gasteiger partial charge on any atom is -0.379 e. The molecule has 1 aromatic rings. The van der Waals surface area contributed by atoms with Gasteiger partial charge in [0.25, 0.3) is 0 Å². The molecule has 0 amide bonds. The number of nitrogens with zero attached hydrogens (tertiary/aromatic N) is 3. The van der Waals surface area contributed by atoms with Crippen molar-refractivity contribution in [2.45, 2.75) is 25.3 Å². The third-order valence-electron chi connectivity index (χ3n) is 3.23. The molecule has 1 saturated heterocycles. The standard InChI is InChI=1S/C12H15N3OS/c13-7-10-12(9-1-2-9)14-11(17-10)8-15-3-5-16-6-4-15/h9H,1-6,8H2. The molecule has 2 heterocycles. The number of rotatable bonds is 3. The molecule has 2 fully saturated rings. The number of thiazole rings is 1. The molecule has 1 aromatic heterocycles. The number of hydrogen-bond donors (Lipinski definition) is 0. The Morgan fingerprint density at radius 2 is 2.18 bits per heavy atom. The van der Waals surface area contributed by atoms with Gasteiger partial charge >= 0.3 is 0 Å². The molecule has 0 bridgehead atoms. The second-order valence-corrected chi connectivity index (χ2v) is 5.68. The topological polar surface area (TPSA) is 49.2 Å². The highest BCUT2D eigenvalue weighted by molar-refractivity contribution is 7.12. The third-order valence-corrected chi connectivity index (χ3v) is 4.19. The van der Waals surface area contributed by atoms with Crippen molar-refractivity contribution in [1.82, 2.24) is 9.88 Å². The van der Waals surface area contributed by atoms with E-state index in [0.29, 0.717) is 5.92 Å². The first kappa shape index (κ1) is 11.1. The van der Waals surface area contributed by atoms with Crippen LogP contribution in [-0.4, -0.2) is 36.2 Å². The zero-order valence-electron chi connectivity index (χ0n) is 9.69. The van der Waals surface area contributed by atoms with Gasteiger partial charge < -0.3 is 4.74 Å². The fourth-order valence-corrected chi connectivity index (χ4v) is 3.10. The monoisotopic (exact) mass is 249 g/mol. The van der Waals surface area contributed by atoms with Crippen molar-refractivity contribution in [2.75, 3.05) is 26.3 Å². The molecule has 1 aliphatic carbocycles. The quantitative estimate of drug-likeness (QED) is 0.818. The lowest BCUT2D eigenvalue weighted by atomic mass is 10.3. The van der Waals surface area contributed by atoms with Crippen molar-refractivity contribution < 1.29 is 4.74 Å². The Hall–Kier alpha value is -0.960. The summed E-state index contributed by atoms with van der Waals surface area (Å²) in [6.07, 6.45) is 2.41. The van der Waals surface area contributed by atoms with E-state index in [-0.39, 0.29) is 0 Å². The van der Waals surface area contributed by atoms with Crippen molar-refractivity contribution in [3.63, 3.8) is 0 Å². The van der Waals surface area contributed by atoms with E-state index < -0.39 is 0 Å². The molecule has 0 spiro atoms. The normalized spacial score (nSPS) is 21.4. The van der Waals surface area contributed by atoms with Crippen LogP contribution in [0.2, 0.25) is 0 Å². The van der Waals surface area contributed by atoms with Gasteiger partial charge in [0.1, 0.15) is 16.0 Å². The van der Waals surface area contributed by atoms with E-state index in [1.165, 1.54) is 12.8 Å².